The summed E-state index contributed by atoms with van der Waals surface area (Å²) in [5.41, 5.74) is 0.422. The zero-order chi connectivity index (χ0) is 9.84. The number of benzene rings is 1. The number of hydrogen-bond donors (Lipinski definition) is 1. The van der Waals surface area contributed by atoms with Crippen molar-refractivity contribution in [2.45, 2.75) is 6.10 Å². The third-order valence-electron chi connectivity index (χ3n) is 1.61. The number of nitro groups is 1. The molecule has 0 aliphatic heterocycles. The van der Waals surface area contributed by atoms with E-state index in [0.717, 1.165) is 0 Å². The fraction of sp³-hybridized carbons (Fsp3) is 0.250. The van der Waals surface area contributed by atoms with Gasteiger partial charge in [0.05, 0.1) is 16.9 Å². The highest BCUT2D eigenvalue weighted by molar-refractivity contribution is 6.18. The third-order valence-corrected chi connectivity index (χ3v) is 1.90. The lowest BCUT2D eigenvalue weighted by Gasteiger charge is -2.05. The van der Waals surface area contributed by atoms with Gasteiger partial charge in [0.2, 0.25) is 0 Å². The second-order valence-corrected chi connectivity index (χ2v) is 2.83. The molecule has 70 valence electrons. The summed E-state index contributed by atoms with van der Waals surface area (Å²) in [4.78, 5) is 9.85. The van der Waals surface area contributed by atoms with Crippen molar-refractivity contribution in [3.05, 3.63) is 39.9 Å². The lowest BCUT2D eigenvalue weighted by Crippen LogP contribution is -1.99. The molecule has 0 aliphatic rings. The fourth-order valence-electron chi connectivity index (χ4n) is 0.935. The fourth-order valence-corrected chi connectivity index (χ4v) is 1.11. The molecule has 1 N–H and O–H groups in total. The van der Waals surface area contributed by atoms with Gasteiger partial charge >= 0.3 is 0 Å². The second-order valence-electron chi connectivity index (χ2n) is 2.52. The molecule has 0 aliphatic carbocycles. The molecule has 0 aromatic heterocycles. The van der Waals surface area contributed by atoms with Crippen molar-refractivity contribution >= 4 is 17.3 Å². The van der Waals surface area contributed by atoms with Crippen molar-refractivity contribution in [3.63, 3.8) is 0 Å². The van der Waals surface area contributed by atoms with Gasteiger partial charge in [-0.25, -0.2) is 0 Å². The zero-order valence-corrected chi connectivity index (χ0v) is 7.44. The van der Waals surface area contributed by atoms with Crippen LogP contribution in [0.3, 0.4) is 0 Å². The molecular formula is C8H8ClNO3. The molecule has 1 atom stereocenters. The number of non-ortho nitro benzene ring substituents is 1. The maximum atomic E-state index is 10.4. The van der Waals surface area contributed by atoms with E-state index < -0.39 is 11.0 Å². The van der Waals surface area contributed by atoms with Crippen LogP contribution in [0, 0.1) is 10.1 Å². The van der Waals surface area contributed by atoms with Gasteiger partial charge in [0.1, 0.15) is 0 Å². The highest BCUT2D eigenvalue weighted by atomic mass is 35.5. The molecule has 4 nitrogen and oxygen atoms in total. The van der Waals surface area contributed by atoms with Crippen LogP contribution < -0.4 is 0 Å². The normalized spacial score (nSPS) is 12.5. The van der Waals surface area contributed by atoms with E-state index in [0.29, 0.717) is 5.56 Å². The van der Waals surface area contributed by atoms with Gasteiger partial charge in [-0.15, -0.1) is 11.6 Å². The van der Waals surface area contributed by atoms with E-state index in [-0.39, 0.29) is 11.6 Å². The van der Waals surface area contributed by atoms with Crippen LogP contribution in [0.5, 0.6) is 0 Å². The smallest absolute Gasteiger partial charge is 0.269 e. The molecule has 1 aromatic carbocycles. The van der Waals surface area contributed by atoms with Crippen molar-refractivity contribution in [2.75, 3.05) is 5.88 Å². The zero-order valence-electron chi connectivity index (χ0n) is 6.68. The van der Waals surface area contributed by atoms with Crippen LogP contribution in [0.25, 0.3) is 0 Å². The number of rotatable bonds is 3. The molecule has 0 radical (unpaired) electrons. The van der Waals surface area contributed by atoms with Gasteiger partial charge in [0, 0.05) is 12.1 Å². The molecular weight excluding hydrogens is 194 g/mol. The van der Waals surface area contributed by atoms with Crippen LogP contribution in [0.1, 0.15) is 11.7 Å². The Morgan fingerprint density at radius 3 is 2.85 bits per heavy atom. The van der Waals surface area contributed by atoms with Gasteiger partial charge in [-0.3, -0.25) is 10.1 Å². The highest BCUT2D eigenvalue weighted by Gasteiger charge is 2.10. The van der Waals surface area contributed by atoms with Crippen LogP contribution in [0.2, 0.25) is 0 Å². The Hall–Kier alpha value is -1.13. The van der Waals surface area contributed by atoms with Crippen LogP contribution in [0.15, 0.2) is 24.3 Å². The summed E-state index contributed by atoms with van der Waals surface area (Å²) in [7, 11) is 0. The number of alkyl halides is 1. The predicted molar refractivity (Wildman–Crippen MR) is 48.8 cm³/mol. The minimum Gasteiger partial charge on any atom is -0.387 e. The minimum atomic E-state index is -0.846. The molecule has 0 heterocycles. The summed E-state index contributed by atoms with van der Waals surface area (Å²) in [6.07, 6.45) is -0.846. The van der Waals surface area contributed by atoms with Crippen LogP contribution in [-0.4, -0.2) is 15.9 Å². The Bertz CT molecular complexity index is 316. The van der Waals surface area contributed by atoms with E-state index in [1.54, 1.807) is 6.07 Å². The molecule has 1 unspecified atom stereocenters. The Balaban J connectivity index is 2.98. The van der Waals surface area contributed by atoms with Crippen LogP contribution >= 0.6 is 11.6 Å². The average molecular weight is 202 g/mol. The van der Waals surface area contributed by atoms with Gasteiger partial charge in [0.25, 0.3) is 5.69 Å². The first-order chi connectivity index (χ1) is 6.15. The van der Waals surface area contributed by atoms with Crippen molar-refractivity contribution in [1.82, 2.24) is 0 Å². The van der Waals surface area contributed by atoms with E-state index in [2.05, 4.69) is 0 Å². The van der Waals surface area contributed by atoms with E-state index in [1.165, 1.54) is 18.2 Å². The maximum Gasteiger partial charge on any atom is 0.269 e. The quantitative estimate of drug-likeness (QED) is 0.461. The third kappa shape index (κ3) is 2.40. The number of aliphatic hydroxyl groups excluding tert-OH is 1. The second kappa shape index (κ2) is 4.20. The van der Waals surface area contributed by atoms with E-state index in [9.17, 15) is 15.2 Å². The highest BCUT2D eigenvalue weighted by Crippen LogP contribution is 2.19. The van der Waals surface area contributed by atoms with Gasteiger partial charge in [-0.05, 0) is 5.56 Å². The van der Waals surface area contributed by atoms with Crippen molar-refractivity contribution in [3.8, 4) is 0 Å². The first kappa shape index (κ1) is 9.95. The predicted octanol–water partition coefficient (Wildman–Crippen LogP) is 1.87. The van der Waals surface area contributed by atoms with Crippen molar-refractivity contribution in [1.29, 1.82) is 0 Å². The lowest BCUT2D eigenvalue weighted by molar-refractivity contribution is -0.385. The topological polar surface area (TPSA) is 63.4 Å². The average Bonchev–Trinajstić information content (AvgIpc) is 2.17. The Kier molecular flexibility index (Phi) is 3.22. The lowest BCUT2D eigenvalue weighted by atomic mass is 10.1. The van der Waals surface area contributed by atoms with E-state index in [1.807, 2.05) is 0 Å². The summed E-state index contributed by atoms with van der Waals surface area (Å²) in [6.45, 7) is 0. The van der Waals surface area contributed by atoms with Crippen LogP contribution in [0.4, 0.5) is 5.69 Å². The Labute approximate surface area is 79.9 Å². The van der Waals surface area contributed by atoms with E-state index >= 15 is 0 Å². The molecule has 5 heteroatoms. The molecule has 0 saturated carbocycles. The molecule has 1 aromatic rings. The first-order valence-corrected chi connectivity index (χ1v) is 4.17. The summed E-state index contributed by atoms with van der Waals surface area (Å²) < 4.78 is 0. The van der Waals surface area contributed by atoms with Gasteiger partial charge in [-0.2, -0.15) is 0 Å². The molecule has 0 fully saturated rings. The van der Waals surface area contributed by atoms with Crippen molar-refractivity contribution < 1.29 is 10.0 Å². The number of hydrogen-bond acceptors (Lipinski definition) is 3. The summed E-state index contributed by atoms with van der Waals surface area (Å²) in [5, 5.41) is 19.6. The SMILES string of the molecule is O=[N+]([O-])c1cccc(C(O)CCl)c1. The van der Waals surface area contributed by atoms with Crippen LogP contribution in [-0.2, 0) is 0 Å². The standard InChI is InChI=1S/C8H8ClNO3/c9-5-8(11)6-2-1-3-7(4-6)10(12)13/h1-4,8,11H,5H2. The summed E-state index contributed by atoms with van der Waals surface area (Å²) >= 11 is 5.40. The first-order valence-electron chi connectivity index (χ1n) is 3.63. The number of aliphatic hydroxyl groups is 1. The number of nitro benzene ring substituents is 1. The molecule has 0 amide bonds. The molecule has 13 heavy (non-hydrogen) atoms. The van der Waals surface area contributed by atoms with Gasteiger partial charge in [-0.1, -0.05) is 12.1 Å². The van der Waals surface area contributed by atoms with E-state index in [4.69, 9.17) is 11.6 Å². The van der Waals surface area contributed by atoms with Gasteiger partial charge < -0.3 is 5.11 Å². The Morgan fingerprint density at radius 1 is 1.62 bits per heavy atom. The largest absolute Gasteiger partial charge is 0.387 e. The summed E-state index contributed by atoms with van der Waals surface area (Å²) in [5.74, 6) is 0.0289. The van der Waals surface area contributed by atoms with Crippen molar-refractivity contribution in [2.24, 2.45) is 0 Å². The Morgan fingerprint density at radius 2 is 2.31 bits per heavy atom. The maximum absolute atomic E-state index is 10.4. The monoisotopic (exact) mass is 201 g/mol. The molecule has 1 rings (SSSR count). The minimum absolute atomic E-state index is 0.0289. The molecule has 0 spiro atoms. The number of nitrogens with zero attached hydrogens (tertiary/aromatic N) is 1. The number of halogens is 1. The summed E-state index contributed by atoms with van der Waals surface area (Å²) in [6, 6.07) is 5.79. The van der Waals surface area contributed by atoms with Gasteiger partial charge in [0.15, 0.2) is 0 Å². The molecule has 0 saturated heterocycles. The molecule has 0 bridgehead atoms.